The molecular formula is C20H27N3O4. The average molecular weight is 373 g/mol. The van der Waals surface area contributed by atoms with E-state index in [1.54, 1.807) is 32.4 Å². The molecule has 27 heavy (non-hydrogen) atoms. The number of ether oxygens (including phenoxy) is 2. The summed E-state index contributed by atoms with van der Waals surface area (Å²) in [6, 6.07) is 5.53. The van der Waals surface area contributed by atoms with Gasteiger partial charge in [-0.25, -0.2) is 0 Å². The van der Waals surface area contributed by atoms with E-state index < -0.39 is 0 Å². The summed E-state index contributed by atoms with van der Waals surface area (Å²) in [5, 5.41) is 0. The summed E-state index contributed by atoms with van der Waals surface area (Å²) in [6.45, 7) is 1.96. The molecule has 2 aliphatic heterocycles. The lowest BCUT2D eigenvalue weighted by molar-refractivity contribution is -0.136. The molecular weight excluding hydrogens is 346 g/mol. The Morgan fingerprint density at radius 3 is 2.22 bits per heavy atom. The van der Waals surface area contributed by atoms with Gasteiger partial charge in [0, 0.05) is 20.1 Å². The molecule has 0 saturated carbocycles. The number of hydrogen-bond donors (Lipinski definition) is 0. The third-order valence-corrected chi connectivity index (χ3v) is 5.52. The van der Waals surface area contributed by atoms with Gasteiger partial charge in [-0.3, -0.25) is 14.5 Å². The number of rotatable bonds is 5. The van der Waals surface area contributed by atoms with Crippen LogP contribution in [0, 0.1) is 0 Å². The van der Waals surface area contributed by atoms with E-state index in [9.17, 15) is 9.59 Å². The van der Waals surface area contributed by atoms with Crippen molar-refractivity contribution in [3.63, 3.8) is 0 Å². The zero-order valence-corrected chi connectivity index (χ0v) is 16.6. The van der Waals surface area contributed by atoms with Crippen molar-refractivity contribution >= 4 is 17.4 Å². The quantitative estimate of drug-likeness (QED) is 0.728. The van der Waals surface area contributed by atoms with E-state index in [1.165, 1.54) is 11.9 Å². The Labute approximate surface area is 160 Å². The van der Waals surface area contributed by atoms with Gasteiger partial charge in [0.1, 0.15) is 5.70 Å². The highest BCUT2D eigenvalue weighted by atomic mass is 16.5. The number of benzene rings is 1. The molecule has 0 unspecified atom stereocenters. The highest BCUT2D eigenvalue weighted by Gasteiger charge is 2.40. The number of carbonyl (C=O) groups excluding carboxylic acids is 2. The minimum Gasteiger partial charge on any atom is -0.493 e. The van der Waals surface area contributed by atoms with Gasteiger partial charge in [0.2, 0.25) is 0 Å². The number of carbonyl (C=O) groups is 2. The highest BCUT2D eigenvalue weighted by molar-refractivity contribution is 6.35. The topological polar surface area (TPSA) is 62.3 Å². The molecule has 1 fully saturated rings. The smallest absolute Gasteiger partial charge is 0.277 e. The molecule has 1 aromatic carbocycles. The van der Waals surface area contributed by atoms with Crippen LogP contribution in [0.25, 0.3) is 5.57 Å². The molecule has 0 N–H and O–H groups in total. The van der Waals surface area contributed by atoms with E-state index in [2.05, 4.69) is 11.9 Å². The van der Waals surface area contributed by atoms with Crippen LogP contribution in [0.4, 0.5) is 0 Å². The van der Waals surface area contributed by atoms with Crippen LogP contribution in [0.15, 0.2) is 23.9 Å². The molecule has 146 valence electrons. The fourth-order valence-electron chi connectivity index (χ4n) is 3.77. The number of likely N-dealkylation sites (tertiary alicyclic amines) is 1. The monoisotopic (exact) mass is 373 g/mol. The predicted octanol–water partition coefficient (Wildman–Crippen LogP) is 1.44. The Kier molecular flexibility index (Phi) is 5.41. The van der Waals surface area contributed by atoms with Crippen molar-refractivity contribution in [1.82, 2.24) is 14.7 Å². The van der Waals surface area contributed by atoms with Gasteiger partial charge in [-0.15, -0.1) is 0 Å². The molecule has 0 aliphatic carbocycles. The molecule has 3 rings (SSSR count). The van der Waals surface area contributed by atoms with E-state index in [0.717, 1.165) is 25.9 Å². The summed E-state index contributed by atoms with van der Waals surface area (Å²) in [7, 11) is 8.66. The predicted molar refractivity (Wildman–Crippen MR) is 103 cm³/mol. The van der Waals surface area contributed by atoms with Gasteiger partial charge < -0.3 is 19.3 Å². The number of hydrogen-bond acceptors (Lipinski definition) is 6. The van der Waals surface area contributed by atoms with Crippen molar-refractivity contribution in [2.45, 2.75) is 18.9 Å². The van der Waals surface area contributed by atoms with Gasteiger partial charge in [-0.05, 0) is 50.7 Å². The van der Waals surface area contributed by atoms with Gasteiger partial charge in [0.15, 0.2) is 11.5 Å². The van der Waals surface area contributed by atoms with Crippen molar-refractivity contribution in [2.24, 2.45) is 0 Å². The Morgan fingerprint density at radius 2 is 1.63 bits per heavy atom. The van der Waals surface area contributed by atoms with Crippen molar-refractivity contribution in [1.29, 1.82) is 0 Å². The lowest BCUT2D eigenvalue weighted by Crippen LogP contribution is -2.43. The van der Waals surface area contributed by atoms with Crippen LogP contribution in [0.2, 0.25) is 0 Å². The van der Waals surface area contributed by atoms with Crippen LogP contribution in [0.1, 0.15) is 18.4 Å². The Balaban J connectivity index is 2.05. The van der Waals surface area contributed by atoms with Crippen LogP contribution < -0.4 is 9.47 Å². The first-order valence-electron chi connectivity index (χ1n) is 9.09. The van der Waals surface area contributed by atoms with Crippen LogP contribution >= 0.6 is 0 Å². The number of nitrogens with zero attached hydrogens (tertiary/aromatic N) is 3. The molecule has 7 nitrogen and oxygen atoms in total. The maximum Gasteiger partial charge on any atom is 0.277 e. The lowest BCUT2D eigenvalue weighted by atomic mass is 10.00. The Hall–Kier alpha value is -2.54. The largest absolute Gasteiger partial charge is 0.493 e. The minimum atomic E-state index is -0.290. The number of piperidine rings is 1. The molecule has 7 heteroatoms. The van der Waals surface area contributed by atoms with E-state index in [1.807, 2.05) is 11.9 Å². The molecule has 1 aromatic rings. The second kappa shape index (κ2) is 7.60. The van der Waals surface area contributed by atoms with E-state index in [-0.39, 0.29) is 17.9 Å². The first-order valence-corrected chi connectivity index (χ1v) is 9.09. The number of likely N-dealkylation sites (N-methyl/N-ethyl adjacent to an activating group) is 2. The van der Waals surface area contributed by atoms with Crippen molar-refractivity contribution < 1.29 is 19.1 Å². The third-order valence-electron chi connectivity index (χ3n) is 5.52. The highest BCUT2D eigenvalue weighted by Crippen LogP contribution is 2.36. The van der Waals surface area contributed by atoms with Crippen molar-refractivity contribution in [2.75, 3.05) is 48.5 Å². The summed E-state index contributed by atoms with van der Waals surface area (Å²) in [5.41, 5.74) is 1.54. The maximum absolute atomic E-state index is 12.9. The number of methoxy groups -OCH3 is 2. The van der Waals surface area contributed by atoms with Crippen LogP contribution in [0.3, 0.4) is 0 Å². The SMILES string of the molecule is COc1ccc(C2=C(N(C)C3CCN(C)CC3)C(=O)N(C)C2=O)cc1OC. The average Bonchev–Trinajstić information content (AvgIpc) is 2.91. The minimum absolute atomic E-state index is 0.231. The van der Waals surface area contributed by atoms with Gasteiger partial charge in [-0.1, -0.05) is 6.07 Å². The first kappa shape index (κ1) is 19.2. The second-order valence-corrected chi connectivity index (χ2v) is 7.11. The molecule has 0 bridgehead atoms. The van der Waals surface area contributed by atoms with Gasteiger partial charge in [0.25, 0.3) is 11.8 Å². The molecule has 0 spiro atoms. The molecule has 0 atom stereocenters. The van der Waals surface area contributed by atoms with Crippen LogP contribution in [-0.4, -0.2) is 81.0 Å². The first-order chi connectivity index (χ1) is 12.9. The Morgan fingerprint density at radius 1 is 1.00 bits per heavy atom. The van der Waals surface area contributed by atoms with E-state index >= 15 is 0 Å². The zero-order valence-electron chi connectivity index (χ0n) is 16.6. The molecule has 2 amide bonds. The van der Waals surface area contributed by atoms with Gasteiger partial charge >= 0.3 is 0 Å². The maximum atomic E-state index is 12.9. The number of amides is 2. The summed E-state index contributed by atoms with van der Waals surface area (Å²) in [4.78, 5) is 31.2. The summed E-state index contributed by atoms with van der Waals surface area (Å²) in [5.74, 6) is 0.559. The fraction of sp³-hybridized carbons (Fsp3) is 0.500. The molecule has 0 aromatic heterocycles. The normalized spacial score (nSPS) is 19.1. The second-order valence-electron chi connectivity index (χ2n) is 7.11. The van der Waals surface area contributed by atoms with E-state index in [4.69, 9.17) is 9.47 Å². The van der Waals surface area contributed by atoms with Crippen LogP contribution in [-0.2, 0) is 9.59 Å². The molecule has 0 radical (unpaired) electrons. The Bertz CT molecular complexity index is 781. The standard InChI is InChI=1S/C20H27N3O4/c1-21-10-8-14(9-11-21)22(2)18-17(19(24)23(3)20(18)25)13-6-7-15(26-4)16(12-13)27-5/h6-7,12,14H,8-11H2,1-5H3. The summed E-state index contributed by atoms with van der Waals surface area (Å²) >= 11 is 0. The number of imide groups is 1. The van der Waals surface area contributed by atoms with Gasteiger partial charge in [-0.2, -0.15) is 0 Å². The van der Waals surface area contributed by atoms with Crippen molar-refractivity contribution in [3.05, 3.63) is 29.5 Å². The zero-order chi connectivity index (χ0) is 19.7. The van der Waals surface area contributed by atoms with Gasteiger partial charge in [0.05, 0.1) is 19.8 Å². The molecule has 1 saturated heterocycles. The lowest BCUT2D eigenvalue weighted by Gasteiger charge is -2.36. The molecule has 2 aliphatic rings. The summed E-state index contributed by atoms with van der Waals surface area (Å²) < 4.78 is 10.7. The third kappa shape index (κ3) is 3.39. The fourth-order valence-corrected chi connectivity index (χ4v) is 3.77. The van der Waals surface area contributed by atoms with Crippen molar-refractivity contribution in [3.8, 4) is 11.5 Å². The van der Waals surface area contributed by atoms with E-state index in [0.29, 0.717) is 28.3 Å². The summed E-state index contributed by atoms with van der Waals surface area (Å²) in [6.07, 6.45) is 1.92. The molecule has 2 heterocycles. The van der Waals surface area contributed by atoms with Crippen LogP contribution in [0.5, 0.6) is 11.5 Å².